The van der Waals surface area contributed by atoms with Gasteiger partial charge in [-0.15, -0.1) is 11.3 Å². The lowest BCUT2D eigenvalue weighted by Crippen LogP contribution is -2.19. The minimum atomic E-state index is -0.492. The van der Waals surface area contributed by atoms with Crippen LogP contribution in [0.15, 0.2) is 28.7 Å². The lowest BCUT2D eigenvalue weighted by atomic mass is 9.88. The molecule has 0 saturated carbocycles. The van der Waals surface area contributed by atoms with Crippen molar-refractivity contribution in [2.75, 3.05) is 5.32 Å². The Morgan fingerprint density at radius 3 is 2.81 bits per heavy atom. The molecule has 0 saturated heterocycles. The van der Waals surface area contributed by atoms with Gasteiger partial charge in [-0.2, -0.15) is 0 Å². The van der Waals surface area contributed by atoms with Crippen molar-refractivity contribution in [3.63, 3.8) is 0 Å². The third-order valence-corrected chi connectivity index (χ3v) is 6.20. The first-order chi connectivity index (χ1) is 12.5. The van der Waals surface area contributed by atoms with Gasteiger partial charge in [0.15, 0.2) is 5.76 Å². The monoisotopic (exact) mass is 368 g/mol. The average Bonchev–Trinajstić information content (AvgIpc) is 3.12. The normalized spacial score (nSPS) is 16.5. The van der Waals surface area contributed by atoms with Gasteiger partial charge < -0.3 is 15.5 Å². The fourth-order valence-electron chi connectivity index (χ4n) is 3.65. The SMILES string of the molecule is Cc1c(C(=O)Nc2sc3c(c2C(N)=O)CC[C@H](C)C3)oc2ccccc12. The summed E-state index contributed by atoms with van der Waals surface area (Å²) in [5, 5.41) is 4.31. The van der Waals surface area contributed by atoms with Crippen LogP contribution in [0.25, 0.3) is 11.0 Å². The first-order valence-electron chi connectivity index (χ1n) is 8.69. The van der Waals surface area contributed by atoms with Gasteiger partial charge in [-0.25, -0.2) is 0 Å². The number of nitrogens with two attached hydrogens (primary N) is 1. The van der Waals surface area contributed by atoms with E-state index in [0.29, 0.717) is 22.1 Å². The van der Waals surface area contributed by atoms with Gasteiger partial charge >= 0.3 is 0 Å². The maximum atomic E-state index is 12.8. The number of carbonyl (C=O) groups excluding carboxylic acids is 2. The first kappa shape index (κ1) is 16.8. The van der Waals surface area contributed by atoms with Crippen LogP contribution in [0.5, 0.6) is 0 Å². The number of rotatable bonds is 3. The number of hydrogen-bond donors (Lipinski definition) is 2. The number of primary amides is 1. The second-order valence-electron chi connectivity index (χ2n) is 6.93. The summed E-state index contributed by atoms with van der Waals surface area (Å²) in [6, 6.07) is 7.53. The van der Waals surface area contributed by atoms with Crippen molar-refractivity contribution in [3.8, 4) is 0 Å². The Morgan fingerprint density at radius 2 is 2.08 bits per heavy atom. The van der Waals surface area contributed by atoms with Gasteiger partial charge in [-0.3, -0.25) is 9.59 Å². The minimum Gasteiger partial charge on any atom is -0.451 e. The Kier molecular flexibility index (Phi) is 4.07. The molecule has 134 valence electrons. The van der Waals surface area contributed by atoms with Gasteiger partial charge in [0, 0.05) is 15.8 Å². The Balaban J connectivity index is 1.71. The highest BCUT2D eigenvalue weighted by molar-refractivity contribution is 7.17. The fourth-order valence-corrected chi connectivity index (χ4v) is 5.06. The molecule has 5 nitrogen and oxygen atoms in total. The molecule has 1 atom stereocenters. The minimum absolute atomic E-state index is 0.265. The molecular weight excluding hydrogens is 348 g/mol. The van der Waals surface area contributed by atoms with Crippen molar-refractivity contribution in [2.45, 2.75) is 33.1 Å². The Morgan fingerprint density at radius 1 is 1.31 bits per heavy atom. The molecule has 3 N–H and O–H groups in total. The number of aryl methyl sites for hydroxylation is 1. The van der Waals surface area contributed by atoms with Crippen LogP contribution in [-0.2, 0) is 12.8 Å². The molecule has 4 rings (SSSR count). The Hall–Kier alpha value is -2.60. The first-order valence-corrected chi connectivity index (χ1v) is 9.51. The standard InChI is InChI=1S/C20H20N2O3S/c1-10-7-8-13-15(9-10)26-20(16(13)18(21)23)22-19(24)17-11(2)12-5-3-4-6-14(12)25-17/h3-6,10H,7-9H2,1-2H3,(H2,21,23)(H,22,24)/t10-/m0/s1. The molecule has 1 aliphatic rings. The van der Waals surface area contributed by atoms with E-state index in [0.717, 1.165) is 40.7 Å². The second kappa shape index (κ2) is 6.29. The zero-order valence-electron chi connectivity index (χ0n) is 14.7. The maximum absolute atomic E-state index is 12.8. The number of carbonyl (C=O) groups is 2. The van der Waals surface area contributed by atoms with Crippen molar-refractivity contribution in [1.82, 2.24) is 0 Å². The molecule has 6 heteroatoms. The van der Waals surface area contributed by atoms with Gasteiger partial charge in [-0.1, -0.05) is 25.1 Å². The molecule has 2 amide bonds. The van der Waals surface area contributed by atoms with Gasteiger partial charge in [-0.05, 0) is 43.7 Å². The smallest absolute Gasteiger partial charge is 0.292 e. The van der Waals surface area contributed by atoms with Crippen LogP contribution >= 0.6 is 11.3 Å². The zero-order valence-corrected chi connectivity index (χ0v) is 15.5. The molecule has 0 spiro atoms. The summed E-state index contributed by atoms with van der Waals surface area (Å²) in [6.45, 7) is 4.06. The number of amides is 2. The van der Waals surface area contributed by atoms with E-state index in [1.807, 2.05) is 31.2 Å². The van der Waals surface area contributed by atoms with Crippen LogP contribution in [0.4, 0.5) is 5.00 Å². The summed E-state index contributed by atoms with van der Waals surface area (Å²) in [5.41, 5.74) is 8.53. The molecule has 0 fully saturated rings. The number of benzene rings is 1. The van der Waals surface area contributed by atoms with Crippen molar-refractivity contribution in [2.24, 2.45) is 11.7 Å². The van der Waals surface area contributed by atoms with E-state index in [9.17, 15) is 9.59 Å². The Bertz CT molecular complexity index is 1030. The van der Waals surface area contributed by atoms with Crippen LogP contribution in [-0.4, -0.2) is 11.8 Å². The van der Waals surface area contributed by atoms with Crippen LogP contribution in [0.3, 0.4) is 0 Å². The van der Waals surface area contributed by atoms with Crippen molar-refractivity contribution < 1.29 is 14.0 Å². The van der Waals surface area contributed by atoms with Gasteiger partial charge in [0.05, 0.1) is 5.56 Å². The molecule has 0 unspecified atom stereocenters. The van der Waals surface area contributed by atoms with Gasteiger partial charge in [0.1, 0.15) is 10.6 Å². The van der Waals surface area contributed by atoms with Crippen LogP contribution in [0, 0.1) is 12.8 Å². The van der Waals surface area contributed by atoms with Crippen LogP contribution in [0.1, 0.15) is 50.3 Å². The molecule has 2 aromatic heterocycles. The number of nitrogens with one attached hydrogen (secondary N) is 1. The third kappa shape index (κ3) is 2.70. The molecule has 0 bridgehead atoms. The number of thiophene rings is 1. The number of furan rings is 1. The van der Waals surface area contributed by atoms with E-state index in [1.165, 1.54) is 11.3 Å². The Labute approximate surface area is 155 Å². The van der Waals surface area contributed by atoms with E-state index in [2.05, 4.69) is 12.2 Å². The molecule has 3 aromatic rings. The number of fused-ring (bicyclic) bond motifs is 2. The average molecular weight is 368 g/mol. The van der Waals surface area contributed by atoms with Gasteiger partial charge in [0.2, 0.25) is 0 Å². The molecule has 1 aromatic carbocycles. The van der Waals surface area contributed by atoms with E-state index in [1.54, 1.807) is 0 Å². The van der Waals surface area contributed by atoms with E-state index in [4.69, 9.17) is 10.2 Å². The molecule has 0 aliphatic heterocycles. The van der Waals surface area contributed by atoms with Crippen molar-refractivity contribution >= 4 is 39.1 Å². The lowest BCUT2D eigenvalue weighted by Gasteiger charge is -2.18. The largest absolute Gasteiger partial charge is 0.451 e. The summed E-state index contributed by atoms with van der Waals surface area (Å²) in [4.78, 5) is 26.0. The molecule has 0 radical (unpaired) electrons. The zero-order chi connectivity index (χ0) is 18.4. The summed E-state index contributed by atoms with van der Waals surface area (Å²) >= 11 is 1.46. The summed E-state index contributed by atoms with van der Waals surface area (Å²) < 4.78 is 5.73. The number of para-hydroxylation sites is 1. The van der Waals surface area contributed by atoms with E-state index in [-0.39, 0.29) is 11.7 Å². The highest BCUT2D eigenvalue weighted by Crippen LogP contribution is 2.39. The van der Waals surface area contributed by atoms with Crippen LogP contribution in [0.2, 0.25) is 0 Å². The predicted molar refractivity (Wildman–Crippen MR) is 103 cm³/mol. The summed E-state index contributed by atoms with van der Waals surface area (Å²) in [5.74, 6) is -0.00840. The molecule has 1 aliphatic carbocycles. The van der Waals surface area contributed by atoms with E-state index < -0.39 is 5.91 Å². The topological polar surface area (TPSA) is 85.3 Å². The molecule has 26 heavy (non-hydrogen) atoms. The van der Waals surface area contributed by atoms with Gasteiger partial charge in [0.25, 0.3) is 11.8 Å². The highest BCUT2D eigenvalue weighted by atomic mass is 32.1. The fraction of sp³-hybridized carbons (Fsp3) is 0.300. The molecule has 2 heterocycles. The summed E-state index contributed by atoms with van der Waals surface area (Å²) in [6.07, 6.45) is 2.77. The quantitative estimate of drug-likeness (QED) is 0.723. The second-order valence-corrected chi connectivity index (χ2v) is 8.03. The maximum Gasteiger partial charge on any atom is 0.292 e. The lowest BCUT2D eigenvalue weighted by molar-refractivity contribution is 0.0998. The number of hydrogen-bond acceptors (Lipinski definition) is 4. The van der Waals surface area contributed by atoms with Crippen molar-refractivity contribution in [3.05, 3.63) is 51.6 Å². The predicted octanol–water partition coefficient (Wildman–Crippen LogP) is 4.28. The van der Waals surface area contributed by atoms with Crippen LogP contribution < -0.4 is 11.1 Å². The highest BCUT2D eigenvalue weighted by Gasteiger charge is 2.28. The summed E-state index contributed by atoms with van der Waals surface area (Å²) in [7, 11) is 0. The van der Waals surface area contributed by atoms with Crippen molar-refractivity contribution in [1.29, 1.82) is 0 Å². The van der Waals surface area contributed by atoms with E-state index >= 15 is 0 Å². The number of anilines is 1. The third-order valence-electron chi connectivity index (χ3n) is 5.04. The molecular formula is C20H20N2O3S.